The zero-order valence-electron chi connectivity index (χ0n) is 16.0. The van der Waals surface area contributed by atoms with E-state index in [4.69, 9.17) is 16.3 Å². The van der Waals surface area contributed by atoms with Crippen LogP contribution in [0.4, 0.5) is 5.82 Å². The third kappa shape index (κ3) is 4.32. The maximum Gasteiger partial charge on any atom is 0.260 e. The Morgan fingerprint density at radius 1 is 1.07 bits per heavy atom. The highest BCUT2D eigenvalue weighted by atomic mass is 35.5. The molecule has 3 heterocycles. The molecule has 1 aromatic carbocycles. The van der Waals surface area contributed by atoms with Gasteiger partial charge in [0.1, 0.15) is 11.6 Å². The van der Waals surface area contributed by atoms with Gasteiger partial charge in [0.25, 0.3) is 5.91 Å². The molecule has 0 saturated carbocycles. The molecule has 0 spiro atoms. The molecule has 150 valence electrons. The fraction of sp³-hybridized carbons (Fsp3) is 0.300. The van der Waals surface area contributed by atoms with Crippen LogP contribution < -0.4 is 9.64 Å². The largest absolute Gasteiger partial charge is 0.482 e. The minimum atomic E-state index is -0.0541. The number of piperazine rings is 1. The smallest absolute Gasteiger partial charge is 0.260 e. The van der Waals surface area contributed by atoms with E-state index in [1.807, 2.05) is 42.0 Å². The summed E-state index contributed by atoms with van der Waals surface area (Å²) in [4.78, 5) is 20.6. The minimum absolute atomic E-state index is 0.0253. The van der Waals surface area contributed by atoms with Crippen molar-refractivity contribution in [1.82, 2.24) is 24.6 Å². The first-order valence-corrected chi connectivity index (χ1v) is 9.74. The quantitative estimate of drug-likeness (QED) is 0.640. The van der Waals surface area contributed by atoms with Crippen LogP contribution in [0.3, 0.4) is 0 Å². The summed E-state index contributed by atoms with van der Waals surface area (Å²) in [6.07, 6.45) is 3.59. The Morgan fingerprint density at radius 3 is 2.45 bits per heavy atom. The number of aromatic nitrogens is 4. The van der Waals surface area contributed by atoms with E-state index in [2.05, 4.69) is 20.1 Å². The Morgan fingerprint density at radius 2 is 1.79 bits per heavy atom. The first-order chi connectivity index (χ1) is 14.1. The van der Waals surface area contributed by atoms with Gasteiger partial charge < -0.3 is 14.5 Å². The van der Waals surface area contributed by atoms with Crippen molar-refractivity contribution in [1.29, 1.82) is 0 Å². The standard InChI is InChI=1S/C20H21ClN6O2/c1-15-22-8-9-27(15)19-7-6-18(23-24-19)25-10-12-26(13-11-25)20(28)14-29-17-5-3-2-4-16(17)21/h2-9H,10-14H2,1H3. The molecule has 0 radical (unpaired) electrons. The molecule has 29 heavy (non-hydrogen) atoms. The van der Waals surface area contributed by atoms with Gasteiger partial charge in [-0.3, -0.25) is 9.36 Å². The van der Waals surface area contributed by atoms with Gasteiger partial charge in [0.2, 0.25) is 0 Å². The Kier molecular flexibility index (Phi) is 5.62. The molecule has 1 amide bonds. The van der Waals surface area contributed by atoms with Crippen molar-refractivity contribution in [3.8, 4) is 11.6 Å². The number of carbonyl (C=O) groups is 1. The number of hydrogen-bond donors (Lipinski definition) is 0. The third-order valence-corrected chi connectivity index (χ3v) is 5.17. The highest BCUT2D eigenvalue weighted by Gasteiger charge is 2.22. The van der Waals surface area contributed by atoms with Gasteiger partial charge in [-0.1, -0.05) is 23.7 Å². The van der Waals surface area contributed by atoms with Gasteiger partial charge in [-0.05, 0) is 31.2 Å². The number of hydrogen-bond acceptors (Lipinski definition) is 6. The van der Waals surface area contributed by atoms with Crippen LogP contribution in [-0.4, -0.2) is 63.3 Å². The van der Waals surface area contributed by atoms with E-state index in [1.54, 1.807) is 23.2 Å². The topological polar surface area (TPSA) is 76.4 Å². The first kappa shape index (κ1) is 19.2. The van der Waals surface area contributed by atoms with E-state index in [0.29, 0.717) is 37.0 Å². The van der Waals surface area contributed by atoms with Gasteiger partial charge in [-0.15, -0.1) is 10.2 Å². The summed E-state index contributed by atoms with van der Waals surface area (Å²) in [5.41, 5.74) is 0. The van der Waals surface area contributed by atoms with E-state index in [0.717, 1.165) is 17.5 Å². The molecule has 0 atom stereocenters. The molecular weight excluding hydrogens is 392 g/mol. The summed E-state index contributed by atoms with van der Waals surface area (Å²) in [6, 6.07) is 11.0. The zero-order valence-corrected chi connectivity index (χ0v) is 16.8. The van der Waals surface area contributed by atoms with Crippen LogP contribution in [0.2, 0.25) is 5.02 Å². The van der Waals surface area contributed by atoms with Crippen LogP contribution in [-0.2, 0) is 4.79 Å². The van der Waals surface area contributed by atoms with Crippen molar-refractivity contribution in [2.24, 2.45) is 0 Å². The van der Waals surface area contributed by atoms with Crippen molar-refractivity contribution in [3.63, 3.8) is 0 Å². The molecule has 0 bridgehead atoms. The van der Waals surface area contributed by atoms with Crippen molar-refractivity contribution in [3.05, 3.63) is 59.6 Å². The number of ether oxygens (including phenoxy) is 1. The molecule has 0 N–H and O–H groups in total. The Hall–Kier alpha value is -3.13. The molecule has 1 fully saturated rings. The second-order valence-corrected chi connectivity index (χ2v) is 7.09. The van der Waals surface area contributed by atoms with Gasteiger partial charge in [0.05, 0.1) is 5.02 Å². The van der Waals surface area contributed by atoms with E-state index in [9.17, 15) is 4.79 Å². The fourth-order valence-electron chi connectivity index (χ4n) is 3.21. The Bertz CT molecular complexity index is 983. The number of imidazole rings is 1. The number of rotatable bonds is 5. The van der Waals surface area contributed by atoms with Crippen LogP contribution in [0.25, 0.3) is 5.82 Å². The highest BCUT2D eigenvalue weighted by Crippen LogP contribution is 2.23. The van der Waals surface area contributed by atoms with E-state index in [-0.39, 0.29) is 12.5 Å². The average Bonchev–Trinajstić information content (AvgIpc) is 3.19. The fourth-order valence-corrected chi connectivity index (χ4v) is 3.40. The summed E-state index contributed by atoms with van der Waals surface area (Å²) >= 11 is 6.06. The number of anilines is 1. The SMILES string of the molecule is Cc1nccn1-c1ccc(N2CCN(C(=O)COc3ccccc3Cl)CC2)nn1. The molecule has 3 aromatic rings. The van der Waals surface area contributed by atoms with Crippen LogP contribution in [0, 0.1) is 6.92 Å². The number of para-hydroxylation sites is 1. The second-order valence-electron chi connectivity index (χ2n) is 6.68. The van der Waals surface area contributed by atoms with Gasteiger partial charge in [-0.25, -0.2) is 4.98 Å². The Balaban J connectivity index is 1.30. The number of halogens is 1. The predicted octanol–water partition coefficient (Wildman–Crippen LogP) is 2.35. The van der Waals surface area contributed by atoms with Gasteiger partial charge in [0, 0.05) is 38.6 Å². The number of amides is 1. The normalized spacial score (nSPS) is 14.1. The molecule has 1 saturated heterocycles. The molecule has 2 aromatic heterocycles. The molecule has 9 heteroatoms. The van der Waals surface area contributed by atoms with Crippen molar-refractivity contribution in [2.75, 3.05) is 37.7 Å². The lowest BCUT2D eigenvalue weighted by atomic mass is 10.3. The van der Waals surface area contributed by atoms with Crippen LogP contribution >= 0.6 is 11.6 Å². The molecule has 4 rings (SSSR count). The van der Waals surface area contributed by atoms with Crippen LogP contribution in [0.5, 0.6) is 5.75 Å². The molecule has 1 aliphatic rings. The van der Waals surface area contributed by atoms with Crippen molar-refractivity contribution < 1.29 is 9.53 Å². The number of benzene rings is 1. The van der Waals surface area contributed by atoms with Crippen molar-refractivity contribution >= 4 is 23.3 Å². The summed E-state index contributed by atoms with van der Waals surface area (Å²) < 4.78 is 7.44. The molecule has 0 aliphatic carbocycles. The average molecular weight is 413 g/mol. The minimum Gasteiger partial charge on any atom is -0.482 e. The molecule has 1 aliphatic heterocycles. The Labute approximate surface area is 173 Å². The molecular formula is C20H21ClN6O2. The third-order valence-electron chi connectivity index (χ3n) is 4.85. The van der Waals surface area contributed by atoms with E-state index >= 15 is 0 Å². The lowest BCUT2D eigenvalue weighted by molar-refractivity contribution is -0.133. The number of aryl methyl sites for hydroxylation is 1. The summed E-state index contributed by atoms with van der Waals surface area (Å²) in [5.74, 6) is 2.85. The van der Waals surface area contributed by atoms with Gasteiger partial charge in [-0.2, -0.15) is 0 Å². The maximum atomic E-state index is 12.4. The lowest BCUT2D eigenvalue weighted by Gasteiger charge is -2.35. The van der Waals surface area contributed by atoms with E-state index in [1.165, 1.54) is 0 Å². The number of carbonyl (C=O) groups excluding carboxylic acids is 1. The first-order valence-electron chi connectivity index (χ1n) is 9.36. The molecule has 0 unspecified atom stereocenters. The monoisotopic (exact) mass is 412 g/mol. The maximum absolute atomic E-state index is 12.4. The van der Waals surface area contributed by atoms with Gasteiger partial charge >= 0.3 is 0 Å². The van der Waals surface area contributed by atoms with E-state index < -0.39 is 0 Å². The highest BCUT2D eigenvalue weighted by molar-refractivity contribution is 6.32. The molecule has 8 nitrogen and oxygen atoms in total. The van der Waals surface area contributed by atoms with Crippen LogP contribution in [0.1, 0.15) is 5.82 Å². The predicted molar refractivity (Wildman–Crippen MR) is 110 cm³/mol. The lowest BCUT2D eigenvalue weighted by Crippen LogP contribution is -2.50. The van der Waals surface area contributed by atoms with Crippen LogP contribution in [0.15, 0.2) is 48.8 Å². The second kappa shape index (κ2) is 8.48. The van der Waals surface area contributed by atoms with Crippen molar-refractivity contribution in [2.45, 2.75) is 6.92 Å². The van der Waals surface area contributed by atoms with Gasteiger partial charge in [0.15, 0.2) is 18.2 Å². The summed E-state index contributed by atoms with van der Waals surface area (Å²) in [5, 5.41) is 9.14. The zero-order chi connectivity index (χ0) is 20.2. The summed E-state index contributed by atoms with van der Waals surface area (Å²) in [7, 11) is 0. The number of nitrogens with zero attached hydrogens (tertiary/aromatic N) is 6. The summed E-state index contributed by atoms with van der Waals surface area (Å²) in [6.45, 7) is 4.49.